The first-order valence-corrected chi connectivity index (χ1v) is 5.84. The average Bonchev–Trinajstić information content (AvgIpc) is 2.21. The third-order valence-electron chi connectivity index (χ3n) is 2.58. The van der Waals surface area contributed by atoms with Crippen molar-refractivity contribution in [2.75, 3.05) is 13.7 Å². The van der Waals surface area contributed by atoms with Gasteiger partial charge in [0, 0.05) is 11.1 Å². The number of aliphatic hydroxyl groups is 1. The van der Waals surface area contributed by atoms with E-state index in [1.807, 2.05) is 6.92 Å². The Balaban J connectivity index is 3.18. The summed E-state index contributed by atoms with van der Waals surface area (Å²) in [5.74, 6) is 0.948. The molecule has 1 rings (SSSR count). The number of hydrogen-bond donors (Lipinski definition) is 1. The van der Waals surface area contributed by atoms with Crippen LogP contribution in [-0.4, -0.2) is 18.8 Å². The third kappa shape index (κ3) is 2.73. The first-order valence-electron chi connectivity index (χ1n) is 5.05. The van der Waals surface area contributed by atoms with E-state index in [1.54, 1.807) is 7.11 Å². The van der Waals surface area contributed by atoms with Gasteiger partial charge >= 0.3 is 0 Å². The highest BCUT2D eigenvalue weighted by molar-refractivity contribution is 9.10. The molecule has 0 radical (unpaired) electrons. The number of rotatable bonds is 4. The Bertz CT molecular complexity index is 348. The van der Waals surface area contributed by atoms with Crippen LogP contribution in [-0.2, 0) is 6.42 Å². The van der Waals surface area contributed by atoms with Crippen molar-refractivity contribution in [3.63, 3.8) is 0 Å². The van der Waals surface area contributed by atoms with Crippen molar-refractivity contribution in [3.05, 3.63) is 27.2 Å². The highest BCUT2D eigenvalue weighted by atomic mass is 79.9. The topological polar surface area (TPSA) is 29.5 Å². The van der Waals surface area contributed by atoms with Crippen molar-refractivity contribution >= 4 is 15.9 Å². The second-order valence-corrected chi connectivity index (χ2v) is 4.49. The van der Waals surface area contributed by atoms with E-state index in [4.69, 9.17) is 9.84 Å². The average molecular weight is 273 g/mol. The number of aryl methyl sites for hydroxylation is 1. The molecule has 0 atom stereocenters. The second kappa shape index (κ2) is 5.52. The summed E-state index contributed by atoms with van der Waals surface area (Å²) in [5, 5.41) is 8.87. The molecule has 0 amide bonds. The molecule has 15 heavy (non-hydrogen) atoms. The minimum atomic E-state index is 0.216. The molecule has 0 unspecified atom stereocenters. The maximum absolute atomic E-state index is 8.87. The maximum atomic E-state index is 8.87. The van der Waals surface area contributed by atoms with E-state index in [9.17, 15) is 0 Å². The first-order chi connectivity index (χ1) is 7.11. The summed E-state index contributed by atoms with van der Waals surface area (Å²) in [6.45, 7) is 4.32. The van der Waals surface area contributed by atoms with Gasteiger partial charge in [0.25, 0.3) is 0 Å². The van der Waals surface area contributed by atoms with Crippen LogP contribution in [0.25, 0.3) is 0 Å². The molecule has 0 spiro atoms. The van der Waals surface area contributed by atoms with Gasteiger partial charge in [0.2, 0.25) is 0 Å². The Morgan fingerprint density at radius 2 is 2.07 bits per heavy atom. The molecule has 1 aromatic rings. The molecule has 1 aromatic carbocycles. The molecule has 1 N–H and O–H groups in total. The van der Waals surface area contributed by atoms with E-state index in [2.05, 4.69) is 28.9 Å². The highest BCUT2D eigenvalue weighted by Gasteiger charge is 2.12. The van der Waals surface area contributed by atoms with Crippen LogP contribution in [0, 0.1) is 13.8 Å². The van der Waals surface area contributed by atoms with Crippen molar-refractivity contribution in [2.24, 2.45) is 0 Å². The zero-order valence-corrected chi connectivity index (χ0v) is 11.0. The molecule has 0 bridgehead atoms. The van der Waals surface area contributed by atoms with E-state index >= 15 is 0 Å². The van der Waals surface area contributed by atoms with Crippen molar-refractivity contribution in [3.8, 4) is 5.75 Å². The van der Waals surface area contributed by atoms with Crippen LogP contribution in [0.3, 0.4) is 0 Å². The van der Waals surface area contributed by atoms with Gasteiger partial charge in [0.1, 0.15) is 5.75 Å². The van der Waals surface area contributed by atoms with Crippen LogP contribution < -0.4 is 4.74 Å². The van der Waals surface area contributed by atoms with Crippen LogP contribution >= 0.6 is 15.9 Å². The lowest BCUT2D eigenvalue weighted by atomic mass is 10.00. The van der Waals surface area contributed by atoms with Crippen molar-refractivity contribution in [1.29, 1.82) is 0 Å². The Morgan fingerprint density at radius 3 is 2.60 bits per heavy atom. The number of aliphatic hydroxyl groups excluding tert-OH is 1. The van der Waals surface area contributed by atoms with Gasteiger partial charge < -0.3 is 9.84 Å². The fraction of sp³-hybridized carbons (Fsp3) is 0.500. The molecule has 3 heteroatoms. The Kier molecular flexibility index (Phi) is 4.61. The lowest BCUT2D eigenvalue weighted by Crippen LogP contribution is -2.00. The lowest BCUT2D eigenvalue weighted by Gasteiger charge is -2.15. The number of methoxy groups -OCH3 is 1. The van der Waals surface area contributed by atoms with E-state index in [0.29, 0.717) is 0 Å². The van der Waals surface area contributed by atoms with Crippen LogP contribution in [0.4, 0.5) is 0 Å². The second-order valence-electron chi connectivity index (χ2n) is 3.64. The van der Waals surface area contributed by atoms with Gasteiger partial charge in [-0.1, -0.05) is 15.9 Å². The molecule has 0 fully saturated rings. The van der Waals surface area contributed by atoms with Gasteiger partial charge in [-0.3, -0.25) is 0 Å². The summed E-state index contributed by atoms with van der Waals surface area (Å²) in [4.78, 5) is 0. The number of ether oxygens (including phenoxy) is 1. The molecule has 0 saturated heterocycles. The Labute approximate surface area is 99.4 Å². The third-order valence-corrected chi connectivity index (χ3v) is 3.40. The minimum absolute atomic E-state index is 0.216. The fourth-order valence-electron chi connectivity index (χ4n) is 1.76. The molecule has 2 nitrogen and oxygen atoms in total. The van der Waals surface area contributed by atoms with E-state index in [0.717, 1.165) is 28.6 Å². The summed E-state index contributed by atoms with van der Waals surface area (Å²) in [6.07, 6.45) is 1.62. The normalized spacial score (nSPS) is 10.5. The van der Waals surface area contributed by atoms with Crippen molar-refractivity contribution in [2.45, 2.75) is 26.7 Å². The molecule has 84 valence electrons. The van der Waals surface area contributed by atoms with Gasteiger partial charge in [0.05, 0.1) is 7.11 Å². The SMILES string of the molecule is COc1c(C)cc(Br)c(C)c1CCCO. The van der Waals surface area contributed by atoms with Crippen LogP contribution in [0.1, 0.15) is 23.1 Å². The fourth-order valence-corrected chi connectivity index (χ4v) is 2.34. The number of hydrogen-bond acceptors (Lipinski definition) is 2. The van der Waals surface area contributed by atoms with Crippen molar-refractivity contribution < 1.29 is 9.84 Å². The van der Waals surface area contributed by atoms with Gasteiger partial charge in [-0.2, -0.15) is 0 Å². The lowest BCUT2D eigenvalue weighted by molar-refractivity contribution is 0.287. The molecular formula is C12H17BrO2. The Hall–Kier alpha value is -0.540. The number of halogens is 1. The van der Waals surface area contributed by atoms with E-state index < -0.39 is 0 Å². The monoisotopic (exact) mass is 272 g/mol. The molecular weight excluding hydrogens is 256 g/mol. The van der Waals surface area contributed by atoms with Crippen LogP contribution in [0.15, 0.2) is 10.5 Å². The maximum Gasteiger partial charge on any atom is 0.125 e. The molecule has 0 aliphatic rings. The summed E-state index contributed by atoms with van der Waals surface area (Å²) < 4.78 is 6.51. The first kappa shape index (κ1) is 12.5. The van der Waals surface area contributed by atoms with Crippen molar-refractivity contribution in [1.82, 2.24) is 0 Å². The largest absolute Gasteiger partial charge is 0.496 e. The van der Waals surface area contributed by atoms with Gasteiger partial charge in [-0.05, 0) is 49.4 Å². The van der Waals surface area contributed by atoms with E-state index in [1.165, 1.54) is 11.1 Å². The highest BCUT2D eigenvalue weighted by Crippen LogP contribution is 2.32. The predicted molar refractivity (Wildman–Crippen MR) is 65.6 cm³/mol. The zero-order chi connectivity index (χ0) is 11.4. The smallest absolute Gasteiger partial charge is 0.125 e. The molecule has 0 aliphatic carbocycles. The quantitative estimate of drug-likeness (QED) is 0.913. The summed E-state index contributed by atoms with van der Waals surface area (Å²) in [7, 11) is 1.69. The molecule has 0 aromatic heterocycles. The van der Waals surface area contributed by atoms with E-state index in [-0.39, 0.29) is 6.61 Å². The summed E-state index contributed by atoms with van der Waals surface area (Å²) in [6, 6.07) is 2.07. The van der Waals surface area contributed by atoms with Gasteiger partial charge in [-0.15, -0.1) is 0 Å². The molecule has 0 aliphatic heterocycles. The predicted octanol–water partition coefficient (Wildman–Crippen LogP) is 3.00. The van der Waals surface area contributed by atoms with Crippen LogP contribution in [0.2, 0.25) is 0 Å². The minimum Gasteiger partial charge on any atom is -0.496 e. The number of benzene rings is 1. The van der Waals surface area contributed by atoms with Gasteiger partial charge in [-0.25, -0.2) is 0 Å². The summed E-state index contributed by atoms with van der Waals surface area (Å²) >= 11 is 3.53. The standard InChI is InChI=1S/C12H17BrO2/c1-8-7-11(13)9(2)10(5-4-6-14)12(8)15-3/h7,14H,4-6H2,1-3H3. The molecule has 0 saturated carbocycles. The Morgan fingerprint density at radius 1 is 1.40 bits per heavy atom. The summed E-state index contributed by atoms with van der Waals surface area (Å²) in [5.41, 5.74) is 3.52. The van der Waals surface area contributed by atoms with Gasteiger partial charge in [0.15, 0.2) is 0 Å². The van der Waals surface area contributed by atoms with Crippen LogP contribution in [0.5, 0.6) is 5.75 Å². The molecule has 0 heterocycles. The zero-order valence-electron chi connectivity index (χ0n) is 9.43.